The Hall–Kier alpha value is 0.0600. The lowest BCUT2D eigenvalue weighted by atomic mass is 9.99. The van der Waals surface area contributed by atoms with Crippen molar-refractivity contribution in [1.82, 2.24) is 4.90 Å². The first-order valence-corrected chi connectivity index (χ1v) is 9.12. The second-order valence-corrected chi connectivity index (χ2v) is 6.97. The zero-order valence-electron chi connectivity index (χ0n) is 12.7. The van der Waals surface area contributed by atoms with Crippen molar-refractivity contribution < 1.29 is 5.11 Å². The second kappa shape index (κ2) is 9.15. The summed E-state index contributed by atoms with van der Waals surface area (Å²) >= 11 is 5.28. The van der Waals surface area contributed by atoms with E-state index in [0.717, 1.165) is 23.7 Å². The molecule has 3 N–H and O–H groups in total. The van der Waals surface area contributed by atoms with Gasteiger partial charge in [-0.25, -0.2) is 0 Å². The molecule has 1 heterocycles. The van der Waals surface area contributed by atoms with Gasteiger partial charge in [0.25, 0.3) is 0 Å². The van der Waals surface area contributed by atoms with E-state index in [1.165, 1.54) is 4.88 Å². The number of halogens is 1. The first-order valence-electron chi connectivity index (χ1n) is 7.45. The van der Waals surface area contributed by atoms with Gasteiger partial charge in [0.2, 0.25) is 0 Å². The molecule has 0 saturated heterocycles. The van der Waals surface area contributed by atoms with Gasteiger partial charge in [-0.2, -0.15) is 0 Å². The number of hydrogen-bond donors (Lipinski definition) is 2. The molecule has 0 aromatic carbocycles. The third kappa shape index (κ3) is 4.53. The molecule has 2 unspecified atom stereocenters. The van der Waals surface area contributed by atoms with Gasteiger partial charge in [0, 0.05) is 33.4 Å². The molecule has 5 heteroatoms. The molecule has 0 aliphatic heterocycles. The van der Waals surface area contributed by atoms with E-state index < -0.39 is 0 Å². The zero-order chi connectivity index (χ0) is 15.1. The molecule has 1 aromatic rings. The van der Waals surface area contributed by atoms with E-state index >= 15 is 0 Å². The quantitative estimate of drug-likeness (QED) is 0.702. The summed E-state index contributed by atoms with van der Waals surface area (Å²) in [7, 11) is 0. The summed E-state index contributed by atoms with van der Waals surface area (Å²) in [6.45, 7) is 7.40. The number of rotatable bonds is 9. The predicted octanol–water partition coefficient (Wildman–Crippen LogP) is 3.77. The molecule has 3 nitrogen and oxygen atoms in total. The van der Waals surface area contributed by atoms with Gasteiger partial charge in [0.1, 0.15) is 0 Å². The van der Waals surface area contributed by atoms with Crippen molar-refractivity contribution >= 4 is 27.3 Å². The Balaban J connectivity index is 3.10. The lowest BCUT2D eigenvalue weighted by molar-refractivity contribution is 0.0831. The lowest BCUT2D eigenvalue weighted by Crippen LogP contribution is -2.46. The Morgan fingerprint density at radius 1 is 1.30 bits per heavy atom. The summed E-state index contributed by atoms with van der Waals surface area (Å²) in [4.78, 5) is 3.68. The molecule has 0 bridgehead atoms. The predicted molar refractivity (Wildman–Crippen MR) is 91.2 cm³/mol. The Labute approximate surface area is 135 Å². The molecule has 116 valence electrons. The maximum absolute atomic E-state index is 9.44. The van der Waals surface area contributed by atoms with E-state index in [2.05, 4.69) is 53.0 Å². The van der Waals surface area contributed by atoms with Crippen LogP contribution in [0.4, 0.5) is 0 Å². The molecule has 0 aliphatic carbocycles. The molecule has 0 fully saturated rings. The van der Waals surface area contributed by atoms with E-state index in [9.17, 15) is 5.11 Å². The van der Waals surface area contributed by atoms with Gasteiger partial charge in [-0.3, -0.25) is 4.90 Å². The van der Waals surface area contributed by atoms with Crippen LogP contribution in [0.1, 0.15) is 51.0 Å². The normalized spacial score (nSPS) is 15.0. The van der Waals surface area contributed by atoms with Crippen LogP contribution in [0.5, 0.6) is 0 Å². The molecule has 1 rings (SSSR count). The van der Waals surface area contributed by atoms with Crippen molar-refractivity contribution in [3.05, 3.63) is 20.8 Å². The maximum Gasteiger partial charge on any atom is 0.0596 e. The minimum atomic E-state index is 0.0905. The van der Waals surface area contributed by atoms with Crippen LogP contribution in [0.2, 0.25) is 0 Å². The number of aliphatic hydroxyl groups excluding tert-OH is 1. The summed E-state index contributed by atoms with van der Waals surface area (Å²) < 4.78 is 1.11. The van der Waals surface area contributed by atoms with Gasteiger partial charge in [-0.05, 0) is 41.3 Å². The van der Waals surface area contributed by atoms with Crippen molar-refractivity contribution in [1.29, 1.82) is 0 Å². The Kier molecular flexibility index (Phi) is 8.29. The third-order valence-electron chi connectivity index (χ3n) is 3.88. The SMILES string of the molecule is CCC(N)C(c1cc(Br)cs1)N(CCO)C(CC)CC. The Bertz CT molecular complexity index is 382. The molecule has 1 aromatic heterocycles. The number of thiophene rings is 1. The highest BCUT2D eigenvalue weighted by atomic mass is 79.9. The third-order valence-corrected chi connectivity index (χ3v) is 5.65. The smallest absolute Gasteiger partial charge is 0.0596 e. The summed E-state index contributed by atoms with van der Waals surface area (Å²) in [5.74, 6) is 0. The summed E-state index contributed by atoms with van der Waals surface area (Å²) in [5, 5.41) is 11.5. The summed E-state index contributed by atoms with van der Waals surface area (Å²) in [6.07, 6.45) is 3.09. The largest absolute Gasteiger partial charge is 0.395 e. The molecule has 0 spiro atoms. The number of nitrogens with zero attached hydrogens (tertiary/aromatic N) is 1. The summed E-state index contributed by atoms with van der Waals surface area (Å²) in [5.41, 5.74) is 6.40. The fourth-order valence-electron chi connectivity index (χ4n) is 2.75. The van der Waals surface area contributed by atoms with E-state index in [1.807, 2.05) is 0 Å². The Morgan fingerprint density at radius 3 is 2.35 bits per heavy atom. The van der Waals surface area contributed by atoms with Gasteiger partial charge in [-0.1, -0.05) is 20.8 Å². The van der Waals surface area contributed by atoms with Gasteiger partial charge in [0.15, 0.2) is 0 Å². The van der Waals surface area contributed by atoms with Gasteiger partial charge in [-0.15, -0.1) is 11.3 Å². The van der Waals surface area contributed by atoms with Crippen molar-refractivity contribution in [2.24, 2.45) is 5.73 Å². The highest BCUT2D eigenvalue weighted by molar-refractivity contribution is 9.10. The van der Waals surface area contributed by atoms with E-state index in [4.69, 9.17) is 5.73 Å². The minimum absolute atomic E-state index is 0.0905. The maximum atomic E-state index is 9.44. The van der Waals surface area contributed by atoms with Crippen LogP contribution in [-0.4, -0.2) is 35.2 Å². The van der Waals surface area contributed by atoms with Crippen LogP contribution in [0, 0.1) is 0 Å². The van der Waals surface area contributed by atoms with Crippen LogP contribution in [0.3, 0.4) is 0 Å². The number of hydrogen-bond acceptors (Lipinski definition) is 4. The molecule has 0 radical (unpaired) electrons. The zero-order valence-corrected chi connectivity index (χ0v) is 15.1. The fourth-order valence-corrected chi connectivity index (χ4v) is 4.39. The standard InChI is InChI=1S/C15H27BrN2OS/c1-4-12(5-2)18(7-8-19)15(13(17)6-3)14-9-11(16)10-20-14/h9-10,12-13,15,19H,4-8,17H2,1-3H3. The van der Waals surface area contributed by atoms with Crippen LogP contribution < -0.4 is 5.73 Å². The molecule has 0 amide bonds. The highest BCUT2D eigenvalue weighted by Gasteiger charge is 2.30. The fraction of sp³-hybridized carbons (Fsp3) is 0.733. The Morgan fingerprint density at radius 2 is 1.95 bits per heavy atom. The van der Waals surface area contributed by atoms with Crippen molar-refractivity contribution in [3.8, 4) is 0 Å². The van der Waals surface area contributed by atoms with Gasteiger partial charge < -0.3 is 10.8 Å². The van der Waals surface area contributed by atoms with E-state index in [1.54, 1.807) is 11.3 Å². The van der Waals surface area contributed by atoms with Crippen LogP contribution >= 0.6 is 27.3 Å². The van der Waals surface area contributed by atoms with E-state index in [0.29, 0.717) is 12.6 Å². The molecule has 2 atom stereocenters. The molecule has 20 heavy (non-hydrogen) atoms. The first-order chi connectivity index (χ1) is 9.58. The van der Waals surface area contributed by atoms with Crippen LogP contribution in [0.15, 0.2) is 15.9 Å². The average Bonchev–Trinajstić information content (AvgIpc) is 2.86. The minimum Gasteiger partial charge on any atom is -0.395 e. The highest BCUT2D eigenvalue weighted by Crippen LogP contribution is 2.34. The molecule has 0 saturated carbocycles. The topological polar surface area (TPSA) is 49.5 Å². The van der Waals surface area contributed by atoms with Crippen molar-refractivity contribution in [2.45, 2.75) is 58.2 Å². The monoisotopic (exact) mass is 362 g/mol. The lowest BCUT2D eigenvalue weighted by Gasteiger charge is -2.39. The van der Waals surface area contributed by atoms with Gasteiger partial charge in [0.05, 0.1) is 12.6 Å². The van der Waals surface area contributed by atoms with Crippen LogP contribution in [0.25, 0.3) is 0 Å². The molecular weight excluding hydrogens is 336 g/mol. The van der Waals surface area contributed by atoms with Crippen molar-refractivity contribution in [2.75, 3.05) is 13.2 Å². The second-order valence-electron chi connectivity index (χ2n) is 5.12. The first kappa shape index (κ1) is 18.1. The van der Waals surface area contributed by atoms with Crippen molar-refractivity contribution in [3.63, 3.8) is 0 Å². The average molecular weight is 363 g/mol. The molecule has 0 aliphatic rings. The number of aliphatic hydroxyl groups is 1. The van der Waals surface area contributed by atoms with Gasteiger partial charge >= 0.3 is 0 Å². The summed E-state index contributed by atoms with van der Waals surface area (Å²) in [6, 6.07) is 2.91. The van der Waals surface area contributed by atoms with Crippen LogP contribution in [-0.2, 0) is 0 Å². The molecular formula is C15H27BrN2OS. The van der Waals surface area contributed by atoms with E-state index in [-0.39, 0.29) is 18.7 Å². The number of nitrogens with two attached hydrogens (primary N) is 1.